The normalized spacial score (nSPS) is 18.9. The predicted octanol–water partition coefficient (Wildman–Crippen LogP) is 3.21. The van der Waals surface area contributed by atoms with E-state index >= 15 is 0 Å². The lowest BCUT2D eigenvalue weighted by Gasteiger charge is -2.44. The van der Waals surface area contributed by atoms with E-state index in [4.69, 9.17) is 5.26 Å². The molecule has 0 radical (unpaired) electrons. The predicted molar refractivity (Wildman–Crippen MR) is 109 cm³/mol. The molecule has 1 aliphatic heterocycles. The summed E-state index contributed by atoms with van der Waals surface area (Å²) in [5, 5.41) is 8.71. The monoisotopic (exact) mass is 390 g/mol. The first-order chi connectivity index (χ1) is 13.8. The van der Waals surface area contributed by atoms with Gasteiger partial charge in [-0.3, -0.25) is 14.4 Å². The van der Waals surface area contributed by atoms with Crippen molar-refractivity contribution < 1.29 is 14.4 Å². The van der Waals surface area contributed by atoms with Crippen LogP contribution in [0.25, 0.3) is 0 Å². The zero-order chi connectivity index (χ0) is 21.2. The van der Waals surface area contributed by atoms with Gasteiger partial charge in [0.05, 0.1) is 6.07 Å². The minimum atomic E-state index is -0.692. The van der Waals surface area contributed by atoms with E-state index in [1.807, 2.05) is 32.0 Å². The zero-order valence-electron chi connectivity index (χ0n) is 17.3. The van der Waals surface area contributed by atoms with Gasteiger partial charge >= 0.3 is 0 Å². The molecule has 0 atom stereocenters. The summed E-state index contributed by atoms with van der Waals surface area (Å²) in [7, 11) is 0. The lowest BCUT2D eigenvalue weighted by atomic mass is 9.62. The minimum absolute atomic E-state index is 0.0152. The van der Waals surface area contributed by atoms with Gasteiger partial charge in [0, 0.05) is 31.5 Å². The van der Waals surface area contributed by atoms with E-state index in [9.17, 15) is 14.4 Å². The summed E-state index contributed by atoms with van der Waals surface area (Å²) in [6, 6.07) is 5.78. The molecule has 1 saturated carbocycles. The second kappa shape index (κ2) is 8.21. The third kappa shape index (κ3) is 4.10. The molecule has 150 valence electrons. The van der Waals surface area contributed by atoms with Gasteiger partial charge in [0.1, 0.15) is 23.9 Å². The number of hydrogen-bond acceptors (Lipinski definition) is 4. The largest absolute Gasteiger partial charge is 0.342 e. The van der Waals surface area contributed by atoms with Gasteiger partial charge in [-0.05, 0) is 67.9 Å². The first-order valence-electron chi connectivity index (χ1n) is 10.0. The summed E-state index contributed by atoms with van der Waals surface area (Å²) in [6.45, 7) is 6.68. The fourth-order valence-corrected chi connectivity index (χ4v) is 4.92. The number of hydrogen-bond donors (Lipinski definition) is 0. The molecule has 1 heterocycles. The molecule has 1 aromatic carbocycles. The Kier molecular flexibility index (Phi) is 5.89. The Morgan fingerprint density at radius 1 is 1.14 bits per heavy atom. The highest BCUT2D eigenvalue weighted by Crippen LogP contribution is 2.46. The Hall–Kier alpha value is -2.92. The smallest absolute Gasteiger partial charge is 0.236 e. The van der Waals surface area contributed by atoms with Gasteiger partial charge in [-0.2, -0.15) is 5.26 Å². The van der Waals surface area contributed by atoms with Crippen LogP contribution in [-0.2, 0) is 14.4 Å². The molecule has 1 spiro atoms. The fraction of sp³-hybridized carbons (Fsp3) is 0.500. The van der Waals surface area contributed by atoms with Gasteiger partial charge in [-0.1, -0.05) is 5.92 Å². The topological polar surface area (TPSA) is 78.2 Å². The van der Waals surface area contributed by atoms with Crippen LogP contribution in [0.5, 0.6) is 0 Å². The number of aryl methyl sites for hydroxylation is 2. The van der Waals surface area contributed by atoms with Gasteiger partial charge in [0.15, 0.2) is 0 Å². The maximum atomic E-state index is 13.1. The Balaban J connectivity index is 1.79. The van der Waals surface area contributed by atoms with Crippen LogP contribution in [0.1, 0.15) is 67.2 Å². The van der Waals surface area contributed by atoms with Gasteiger partial charge in [-0.15, -0.1) is 5.92 Å². The molecule has 0 N–H and O–H groups in total. The van der Waals surface area contributed by atoms with Crippen molar-refractivity contribution in [1.82, 2.24) is 4.90 Å². The third-order valence-electron chi connectivity index (χ3n) is 6.30. The summed E-state index contributed by atoms with van der Waals surface area (Å²) in [4.78, 5) is 39.9. The molecule has 0 bridgehead atoms. The molecule has 29 heavy (non-hydrogen) atoms. The highest BCUT2D eigenvalue weighted by Gasteiger charge is 2.47. The van der Waals surface area contributed by atoms with Crippen molar-refractivity contribution in [3.63, 3.8) is 0 Å². The van der Waals surface area contributed by atoms with E-state index < -0.39 is 5.92 Å². The quantitative estimate of drug-likeness (QED) is 0.574. The van der Waals surface area contributed by atoms with Crippen LogP contribution >= 0.6 is 0 Å². The number of carbonyl (C=O) groups is 3. The molecule has 5 heteroatoms. The number of amides is 1. The highest BCUT2D eigenvalue weighted by molar-refractivity contribution is 6.10. The number of nitriles is 1. The molecule has 1 amide bonds. The first-order valence-corrected chi connectivity index (χ1v) is 10.0. The van der Waals surface area contributed by atoms with E-state index in [1.54, 1.807) is 11.8 Å². The Morgan fingerprint density at radius 3 is 2.17 bits per heavy atom. The number of benzene rings is 1. The zero-order valence-corrected chi connectivity index (χ0v) is 17.3. The molecule has 3 rings (SSSR count). The van der Waals surface area contributed by atoms with Crippen molar-refractivity contribution in [2.24, 2.45) is 5.41 Å². The van der Waals surface area contributed by atoms with Crippen molar-refractivity contribution in [3.8, 4) is 17.9 Å². The van der Waals surface area contributed by atoms with Crippen LogP contribution in [-0.4, -0.2) is 35.5 Å². The van der Waals surface area contributed by atoms with Gasteiger partial charge < -0.3 is 4.90 Å². The molecule has 1 aromatic rings. The van der Waals surface area contributed by atoms with Crippen molar-refractivity contribution in [2.75, 3.05) is 13.1 Å². The molecule has 5 nitrogen and oxygen atoms in total. The number of rotatable bonds is 2. The van der Waals surface area contributed by atoms with Crippen LogP contribution in [0, 0.1) is 42.4 Å². The van der Waals surface area contributed by atoms with Crippen LogP contribution in [0.3, 0.4) is 0 Å². The van der Waals surface area contributed by atoms with Crippen LogP contribution < -0.4 is 0 Å². The lowest BCUT2D eigenvalue weighted by molar-refractivity contribution is -0.140. The number of Topliss-reactive ketones (excluding diaryl/α,β-unsaturated/α-hetero) is 2. The van der Waals surface area contributed by atoms with Crippen molar-refractivity contribution in [2.45, 2.75) is 58.8 Å². The molecular weight excluding hydrogens is 364 g/mol. The Morgan fingerprint density at radius 2 is 1.69 bits per heavy atom. The number of likely N-dealkylation sites (tertiary alicyclic amines) is 1. The minimum Gasteiger partial charge on any atom is -0.342 e. The van der Waals surface area contributed by atoms with Gasteiger partial charge in [-0.25, -0.2) is 0 Å². The summed E-state index contributed by atoms with van der Waals surface area (Å²) < 4.78 is 0. The molecule has 1 aliphatic carbocycles. The standard InChI is InChI=1S/C24H26N2O3/c1-4-5-18-12-16(2)22(17(3)13-18)23-19(27)14-24(15-20(23)28)7-10-26(11-8-24)21(29)6-9-25/h12-13,23H,6-8,10-11,14-15H2,1-3H3. The second-order valence-electron chi connectivity index (χ2n) is 8.33. The Bertz CT molecular complexity index is 923. The van der Waals surface area contributed by atoms with Gasteiger partial charge in [0.2, 0.25) is 5.91 Å². The van der Waals surface area contributed by atoms with Gasteiger partial charge in [0.25, 0.3) is 0 Å². The summed E-state index contributed by atoms with van der Waals surface area (Å²) in [6.07, 6.45) is 1.90. The fourth-order valence-electron chi connectivity index (χ4n) is 4.92. The maximum absolute atomic E-state index is 13.1. The summed E-state index contributed by atoms with van der Waals surface area (Å²) in [5.74, 6) is 5.03. The SMILES string of the molecule is CC#Cc1cc(C)c(C2C(=O)CC3(CCN(C(=O)CC#N)CC3)CC2=O)c(C)c1. The van der Waals surface area contributed by atoms with Crippen molar-refractivity contribution >= 4 is 17.5 Å². The average Bonchev–Trinajstić information content (AvgIpc) is 2.64. The molecule has 2 aliphatic rings. The Labute approximate surface area is 172 Å². The van der Waals surface area contributed by atoms with E-state index in [0.717, 1.165) is 22.3 Å². The number of carbonyl (C=O) groups excluding carboxylic acids is 3. The maximum Gasteiger partial charge on any atom is 0.236 e. The second-order valence-corrected chi connectivity index (χ2v) is 8.33. The number of nitrogens with zero attached hydrogens (tertiary/aromatic N) is 2. The van der Waals surface area contributed by atoms with E-state index in [0.29, 0.717) is 38.8 Å². The molecule has 0 aromatic heterocycles. The average molecular weight is 390 g/mol. The summed E-state index contributed by atoms with van der Waals surface area (Å²) >= 11 is 0. The molecule has 1 saturated heterocycles. The highest BCUT2D eigenvalue weighted by atomic mass is 16.2. The number of piperidine rings is 1. The summed E-state index contributed by atoms with van der Waals surface area (Å²) in [5.41, 5.74) is 3.25. The molecular formula is C24H26N2O3. The molecule has 0 unspecified atom stereocenters. The van der Waals surface area contributed by atoms with Crippen molar-refractivity contribution in [1.29, 1.82) is 5.26 Å². The lowest BCUT2D eigenvalue weighted by Crippen LogP contribution is -2.48. The molecule has 2 fully saturated rings. The first kappa shape index (κ1) is 20.8. The van der Waals surface area contributed by atoms with E-state index in [-0.39, 0.29) is 29.3 Å². The van der Waals surface area contributed by atoms with E-state index in [2.05, 4.69) is 11.8 Å². The third-order valence-corrected chi connectivity index (χ3v) is 6.30. The van der Waals surface area contributed by atoms with E-state index in [1.165, 1.54) is 0 Å². The van der Waals surface area contributed by atoms with Crippen LogP contribution in [0.15, 0.2) is 12.1 Å². The van der Waals surface area contributed by atoms with Crippen molar-refractivity contribution in [3.05, 3.63) is 34.4 Å². The number of ketones is 2. The van der Waals surface area contributed by atoms with Crippen LogP contribution in [0.4, 0.5) is 0 Å². The van der Waals surface area contributed by atoms with Crippen LogP contribution in [0.2, 0.25) is 0 Å².